The van der Waals surface area contributed by atoms with E-state index in [1.165, 1.54) is 0 Å². The van der Waals surface area contributed by atoms with Gasteiger partial charge in [-0.1, -0.05) is 0 Å². The van der Waals surface area contributed by atoms with Crippen molar-refractivity contribution >= 4 is 11.8 Å². The summed E-state index contributed by atoms with van der Waals surface area (Å²) in [6.45, 7) is 5.37. The number of nitrogens with one attached hydrogen (secondary N) is 1. The number of nitrogens with zero attached hydrogens (tertiary/aromatic N) is 4. The molecule has 2 aromatic rings. The van der Waals surface area contributed by atoms with E-state index in [-0.39, 0.29) is 12.1 Å². The van der Waals surface area contributed by atoms with E-state index in [2.05, 4.69) is 19.9 Å². The normalized spacial score (nSPS) is 17.1. The number of likely N-dealkylation sites (tertiary alicyclic amines) is 1. The summed E-state index contributed by atoms with van der Waals surface area (Å²) in [5.74, 6) is 1.99. The van der Waals surface area contributed by atoms with Crippen molar-refractivity contribution in [1.29, 1.82) is 0 Å². The van der Waals surface area contributed by atoms with Gasteiger partial charge >= 0.3 is 6.03 Å². The number of amides is 2. The molecule has 0 spiro atoms. The second-order valence-corrected chi connectivity index (χ2v) is 6.05. The molecule has 0 bridgehead atoms. The van der Waals surface area contributed by atoms with Gasteiger partial charge < -0.3 is 14.2 Å². The van der Waals surface area contributed by atoms with E-state index in [0.717, 1.165) is 37.4 Å². The smallest absolute Gasteiger partial charge is 0.323 e. The van der Waals surface area contributed by atoms with Crippen LogP contribution in [0.2, 0.25) is 0 Å². The molecule has 128 valence electrons. The SMILES string of the molecule is COc1ccc(C)nc1NC(=O)N1CCC[C@H]1Cn1ccnc1C. The van der Waals surface area contributed by atoms with E-state index in [1.54, 1.807) is 13.3 Å². The number of imidazole rings is 1. The number of hydrogen-bond acceptors (Lipinski definition) is 4. The highest BCUT2D eigenvalue weighted by Crippen LogP contribution is 2.25. The molecule has 1 saturated heterocycles. The summed E-state index contributed by atoms with van der Waals surface area (Å²) in [6, 6.07) is 3.70. The number of rotatable bonds is 4. The molecule has 1 aliphatic heterocycles. The zero-order valence-electron chi connectivity index (χ0n) is 14.3. The number of ether oxygens (including phenoxy) is 1. The van der Waals surface area contributed by atoms with Crippen molar-refractivity contribution in [3.8, 4) is 5.75 Å². The number of pyridine rings is 1. The topological polar surface area (TPSA) is 72.3 Å². The highest BCUT2D eigenvalue weighted by molar-refractivity contribution is 5.90. The maximum absolute atomic E-state index is 12.7. The molecule has 1 fully saturated rings. The summed E-state index contributed by atoms with van der Waals surface area (Å²) < 4.78 is 7.37. The van der Waals surface area contributed by atoms with Gasteiger partial charge in [-0.15, -0.1) is 0 Å². The van der Waals surface area contributed by atoms with Crippen LogP contribution < -0.4 is 10.1 Å². The number of anilines is 1. The van der Waals surface area contributed by atoms with Gasteiger partial charge in [0.25, 0.3) is 0 Å². The van der Waals surface area contributed by atoms with Crippen LogP contribution in [0.3, 0.4) is 0 Å². The number of hydrogen-bond donors (Lipinski definition) is 1. The first-order valence-corrected chi connectivity index (χ1v) is 8.15. The van der Waals surface area contributed by atoms with E-state index in [4.69, 9.17) is 4.74 Å². The van der Waals surface area contributed by atoms with Crippen molar-refractivity contribution in [2.75, 3.05) is 19.0 Å². The van der Waals surface area contributed by atoms with Crippen molar-refractivity contribution in [2.45, 2.75) is 39.3 Å². The van der Waals surface area contributed by atoms with Gasteiger partial charge in [0.05, 0.1) is 13.2 Å². The molecule has 0 aliphatic carbocycles. The van der Waals surface area contributed by atoms with Crippen LogP contribution in [-0.4, -0.2) is 45.2 Å². The van der Waals surface area contributed by atoms with Crippen molar-refractivity contribution < 1.29 is 9.53 Å². The second-order valence-electron chi connectivity index (χ2n) is 6.05. The fourth-order valence-corrected chi connectivity index (χ4v) is 3.09. The number of carbonyl (C=O) groups excluding carboxylic acids is 1. The first-order chi connectivity index (χ1) is 11.6. The zero-order chi connectivity index (χ0) is 17.1. The van der Waals surface area contributed by atoms with Gasteiger partial charge in [0.15, 0.2) is 11.6 Å². The van der Waals surface area contributed by atoms with E-state index < -0.39 is 0 Å². The monoisotopic (exact) mass is 329 g/mol. The Morgan fingerprint density at radius 3 is 2.96 bits per heavy atom. The van der Waals surface area contributed by atoms with Gasteiger partial charge in [-0.05, 0) is 38.8 Å². The lowest BCUT2D eigenvalue weighted by molar-refractivity contribution is 0.200. The number of carbonyl (C=O) groups is 1. The number of aryl methyl sites for hydroxylation is 2. The van der Waals surface area contributed by atoms with Crippen LogP contribution in [0.1, 0.15) is 24.4 Å². The van der Waals surface area contributed by atoms with Gasteiger partial charge in [-0.25, -0.2) is 14.8 Å². The minimum atomic E-state index is -0.133. The van der Waals surface area contributed by atoms with Crippen molar-refractivity contribution in [2.24, 2.45) is 0 Å². The maximum atomic E-state index is 12.7. The van der Waals surface area contributed by atoms with Crippen LogP contribution in [0.25, 0.3) is 0 Å². The van der Waals surface area contributed by atoms with Crippen LogP contribution in [0.4, 0.5) is 10.6 Å². The summed E-state index contributed by atoms with van der Waals surface area (Å²) in [5, 5.41) is 2.89. The Balaban J connectivity index is 1.72. The average molecular weight is 329 g/mol. The highest BCUT2D eigenvalue weighted by atomic mass is 16.5. The zero-order valence-corrected chi connectivity index (χ0v) is 14.3. The van der Waals surface area contributed by atoms with Crippen LogP contribution in [-0.2, 0) is 6.54 Å². The van der Waals surface area contributed by atoms with Crippen LogP contribution >= 0.6 is 0 Å². The molecule has 3 heterocycles. The molecule has 0 unspecified atom stereocenters. The number of aromatic nitrogens is 3. The summed E-state index contributed by atoms with van der Waals surface area (Å²) in [7, 11) is 1.57. The van der Waals surface area contributed by atoms with E-state index in [0.29, 0.717) is 11.6 Å². The third kappa shape index (κ3) is 3.34. The molecule has 1 aliphatic rings. The van der Waals surface area contributed by atoms with Gasteiger partial charge in [0.2, 0.25) is 0 Å². The molecule has 1 N–H and O–H groups in total. The Bertz CT molecular complexity index is 728. The minimum Gasteiger partial charge on any atom is -0.493 e. The highest BCUT2D eigenvalue weighted by Gasteiger charge is 2.30. The summed E-state index contributed by atoms with van der Waals surface area (Å²) in [5.41, 5.74) is 0.832. The lowest BCUT2D eigenvalue weighted by Gasteiger charge is -2.25. The number of urea groups is 1. The predicted molar refractivity (Wildman–Crippen MR) is 91.2 cm³/mol. The molecule has 0 radical (unpaired) electrons. The van der Waals surface area contributed by atoms with Gasteiger partial charge in [-0.2, -0.15) is 0 Å². The fourth-order valence-electron chi connectivity index (χ4n) is 3.09. The van der Waals surface area contributed by atoms with Crippen molar-refractivity contribution in [1.82, 2.24) is 19.4 Å². The molecular weight excluding hydrogens is 306 g/mol. The van der Waals surface area contributed by atoms with Gasteiger partial charge in [-0.3, -0.25) is 5.32 Å². The van der Waals surface area contributed by atoms with Crippen molar-refractivity contribution in [3.63, 3.8) is 0 Å². The molecule has 0 aromatic carbocycles. The number of methoxy groups -OCH3 is 1. The molecule has 2 amide bonds. The van der Waals surface area contributed by atoms with E-state index in [9.17, 15) is 4.79 Å². The third-order valence-corrected chi connectivity index (χ3v) is 4.41. The summed E-state index contributed by atoms with van der Waals surface area (Å²) in [4.78, 5) is 23.2. The molecule has 7 heteroatoms. The first-order valence-electron chi connectivity index (χ1n) is 8.15. The molecule has 3 rings (SSSR count). The van der Waals surface area contributed by atoms with E-state index >= 15 is 0 Å². The fraction of sp³-hybridized carbons (Fsp3) is 0.471. The molecule has 2 aromatic heterocycles. The summed E-state index contributed by atoms with van der Waals surface area (Å²) >= 11 is 0. The molecule has 7 nitrogen and oxygen atoms in total. The molecule has 24 heavy (non-hydrogen) atoms. The van der Waals surface area contributed by atoms with Crippen LogP contribution in [0.5, 0.6) is 5.75 Å². The summed E-state index contributed by atoms with van der Waals surface area (Å²) in [6.07, 6.45) is 5.73. The average Bonchev–Trinajstić information content (AvgIpc) is 3.18. The predicted octanol–water partition coefficient (Wildman–Crippen LogP) is 2.60. The molecular formula is C17H23N5O2. The minimum absolute atomic E-state index is 0.133. The van der Waals surface area contributed by atoms with Crippen molar-refractivity contribution in [3.05, 3.63) is 36.0 Å². The first kappa shape index (κ1) is 16.3. The second kappa shape index (κ2) is 6.90. The lowest BCUT2D eigenvalue weighted by Crippen LogP contribution is -2.41. The van der Waals surface area contributed by atoms with Crippen LogP contribution in [0.15, 0.2) is 24.5 Å². The standard InChI is InChI=1S/C17H23N5O2/c1-12-6-7-15(24-3)16(19-12)20-17(23)22-9-4-5-14(22)11-21-10-8-18-13(21)2/h6-8,10,14H,4-5,9,11H2,1-3H3,(H,19,20,23)/t14-/m0/s1. The Morgan fingerprint density at radius 2 is 2.25 bits per heavy atom. The Kier molecular flexibility index (Phi) is 4.69. The maximum Gasteiger partial charge on any atom is 0.323 e. The quantitative estimate of drug-likeness (QED) is 0.936. The largest absolute Gasteiger partial charge is 0.493 e. The molecule has 1 atom stereocenters. The Morgan fingerprint density at radius 1 is 1.42 bits per heavy atom. The molecule has 0 saturated carbocycles. The Hall–Kier alpha value is -2.57. The van der Waals surface area contributed by atoms with Gasteiger partial charge in [0.1, 0.15) is 5.82 Å². The van der Waals surface area contributed by atoms with E-state index in [1.807, 2.05) is 37.1 Å². The lowest BCUT2D eigenvalue weighted by atomic mass is 10.2. The Labute approximate surface area is 141 Å². The third-order valence-electron chi connectivity index (χ3n) is 4.41. The van der Waals surface area contributed by atoms with Crippen LogP contribution in [0, 0.1) is 13.8 Å². The van der Waals surface area contributed by atoms with Gasteiger partial charge in [0, 0.05) is 31.2 Å².